The number of aryl methyl sites for hydroxylation is 1. The zero-order valence-electron chi connectivity index (χ0n) is 10.7. The van der Waals surface area contributed by atoms with Gasteiger partial charge in [-0.05, 0) is 24.1 Å². The number of hydrogen-bond acceptors (Lipinski definition) is 5. The highest BCUT2D eigenvalue weighted by molar-refractivity contribution is 5.95. The molecule has 0 atom stereocenters. The Hall–Kier alpha value is -1.79. The standard InChI is InChI=1S/C13H19N3O3/c14-10-7-9-1-2-13(18)16-11(9)8-12(10)15-3-5-19-6-4-17/h7-8,15,17H,1-6,14H2,(H,16,18). The van der Waals surface area contributed by atoms with E-state index in [1.807, 2.05) is 12.1 Å². The quantitative estimate of drug-likeness (QED) is 0.445. The number of benzene rings is 1. The molecule has 1 aromatic carbocycles. The molecule has 1 aromatic rings. The van der Waals surface area contributed by atoms with E-state index < -0.39 is 0 Å². The van der Waals surface area contributed by atoms with Gasteiger partial charge in [0, 0.05) is 18.7 Å². The third kappa shape index (κ3) is 3.59. The number of aliphatic hydroxyl groups is 1. The molecule has 0 aliphatic carbocycles. The molecule has 0 spiro atoms. The zero-order chi connectivity index (χ0) is 13.7. The molecule has 6 heteroatoms. The van der Waals surface area contributed by atoms with Gasteiger partial charge in [-0.15, -0.1) is 0 Å². The average molecular weight is 265 g/mol. The number of fused-ring (bicyclic) bond motifs is 1. The Morgan fingerprint density at radius 3 is 3.00 bits per heavy atom. The summed E-state index contributed by atoms with van der Waals surface area (Å²) in [5.41, 5.74) is 9.31. The maximum atomic E-state index is 11.3. The van der Waals surface area contributed by atoms with Crippen LogP contribution in [0, 0.1) is 0 Å². The van der Waals surface area contributed by atoms with Crippen LogP contribution in [0.15, 0.2) is 12.1 Å². The first kappa shape index (κ1) is 13.6. The van der Waals surface area contributed by atoms with Gasteiger partial charge in [-0.3, -0.25) is 4.79 Å². The fourth-order valence-electron chi connectivity index (χ4n) is 2.03. The van der Waals surface area contributed by atoms with Crippen molar-refractivity contribution in [2.45, 2.75) is 12.8 Å². The molecule has 1 aliphatic rings. The Morgan fingerprint density at radius 2 is 2.21 bits per heavy atom. The van der Waals surface area contributed by atoms with Gasteiger partial charge in [-0.2, -0.15) is 0 Å². The van der Waals surface area contributed by atoms with Crippen LogP contribution in [-0.4, -0.2) is 37.4 Å². The number of aliphatic hydroxyl groups excluding tert-OH is 1. The van der Waals surface area contributed by atoms with Crippen molar-refractivity contribution in [1.29, 1.82) is 0 Å². The summed E-state index contributed by atoms with van der Waals surface area (Å²) in [5.74, 6) is 0.0366. The molecule has 19 heavy (non-hydrogen) atoms. The molecule has 0 saturated heterocycles. The van der Waals surface area contributed by atoms with Crippen LogP contribution in [0.25, 0.3) is 0 Å². The SMILES string of the molecule is Nc1cc2c(cc1NCCOCCO)NC(=O)CC2. The Kier molecular flexibility index (Phi) is 4.59. The smallest absolute Gasteiger partial charge is 0.224 e. The van der Waals surface area contributed by atoms with Gasteiger partial charge in [0.1, 0.15) is 0 Å². The number of nitrogens with one attached hydrogen (secondary N) is 2. The van der Waals surface area contributed by atoms with Crippen molar-refractivity contribution < 1.29 is 14.6 Å². The molecule has 0 bridgehead atoms. The maximum Gasteiger partial charge on any atom is 0.224 e. The first-order chi connectivity index (χ1) is 9.20. The molecular formula is C13H19N3O3. The molecule has 0 radical (unpaired) electrons. The van der Waals surface area contributed by atoms with Gasteiger partial charge in [0.25, 0.3) is 0 Å². The number of nitrogens with two attached hydrogens (primary N) is 1. The summed E-state index contributed by atoms with van der Waals surface area (Å²) in [4.78, 5) is 11.3. The predicted molar refractivity (Wildman–Crippen MR) is 74.2 cm³/mol. The molecule has 6 nitrogen and oxygen atoms in total. The van der Waals surface area contributed by atoms with E-state index in [-0.39, 0.29) is 12.5 Å². The Labute approximate surface area is 111 Å². The van der Waals surface area contributed by atoms with E-state index in [1.54, 1.807) is 0 Å². The molecule has 1 amide bonds. The van der Waals surface area contributed by atoms with Crippen LogP contribution in [0.3, 0.4) is 0 Å². The van der Waals surface area contributed by atoms with Crippen molar-refractivity contribution in [3.05, 3.63) is 17.7 Å². The van der Waals surface area contributed by atoms with Crippen LogP contribution in [0.2, 0.25) is 0 Å². The number of carbonyl (C=O) groups excluding carboxylic acids is 1. The zero-order valence-corrected chi connectivity index (χ0v) is 10.7. The van der Waals surface area contributed by atoms with E-state index in [0.717, 1.165) is 23.4 Å². The lowest BCUT2D eigenvalue weighted by molar-refractivity contribution is -0.116. The van der Waals surface area contributed by atoms with Crippen LogP contribution in [-0.2, 0) is 16.0 Å². The molecule has 0 fully saturated rings. The summed E-state index contributed by atoms with van der Waals surface area (Å²) < 4.78 is 5.15. The predicted octanol–water partition coefficient (Wildman–Crippen LogP) is 0.574. The summed E-state index contributed by atoms with van der Waals surface area (Å²) in [5, 5.41) is 14.6. The normalized spacial score (nSPS) is 13.8. The van der Waals surface area contributed by atoms with Gasteiger partial charge in [-0.25, -0.2) is 0 Å². The van der Waals surface area contributed by atoms with Gasteiger partial charge in [0.15, 0.2) is 0 Å². The minimum atomic E-state index is 0.0208. The first-order valence-electron chi connectivity index (χ1n) is 6.35. The van der Waals surface area contributed by atoms with E-state index >= 15 is 0 Å². The second kappa shape index (κ2) is 6.40. The number of nitrogen functional groups attached to an aromatic ring is 1. The molecule has 0 aromatic heterocycles. The largest absolute Gasteiger partial charge is 0.397 e. The Bertz CT molecular complexity index is 463. The van der Waals surface area contributed by atoms with Crippen LogP contribution >= 0.6 is 0 Å². The molecule has 0 saturated carbocycles. The molecule has 2 rings (SSSR count). The molecule has 1 aliphatic heterocycles. The van der Waals surface area contributed by atoms with Gasteiger partial charge >= 0.3 is 0 Å². The Morgan fingerprint density at radius 1 is 1.37 bits per heavy atom. The van der Waals surface area contributed by atoms with Crippen LogP contribution < -0.4 is 16.4 Å². The van der Waals surface area contributed by atoms with E-state index in [2.05, 4.69) is 10.6 Å². The molecular weight excluding hydrogens is 246 g/mol. The van der Waals surface area contributed by atoms with E-state index in [4.69, 9.17) is 15.6 Å². The highest BCUT2D eigenvalue weighted by atomic mass is 16.5. The number of rotatable bonds is 6. The van der Waals surface area contributed by atoms with Crippen molar-refractivity contribution in [1.82, 2.24) is 0 Å². The summed E-state index contributed by atoms with van der Waals surface area (Å²) in [6.45, 7) is 1.44. The van der Waals surface area contributed by atoms with Crippen molar-refractivity contribution in [3.63, 3.8) is 0 Å². The van der Waals surface area contributed by atoms with E-state index in [1.165, 1.54) is 0 Å². The molecule has 1 heterocycles. The summed E-state index contributed by atoms with van der Waals surface area (Å²) in [7, 11) is 0. The fraction of sp³-hybridized carbons (Fsp3) is 0.462. The lowest BCUT2D eigenvalue weighted by Crippen LogP contribution is -2.20. The number of anilines is 3. The minimum absolute atomic E-state index is 0.0208. The van der Waals surface area contributed by atoms with Crippen molar-refractivity contribution in [2.75, 3.05) is 42.7 Å². The number of hydrogen-bond donors (Lipinski definition) is 4. The van der Waals surface area contributed by atoms with Crippen molar-refractivity contribution >= 4 is 23.0 Å². The molecule has 5 N–H and O–H groups in total. The van der Waals surface area contributed by atoms with E-state index in [9.17, 15) is 4.79 Å². The van der Waals surface area contributed by atoms with Crippen LogP contribution in [0.1, 0.15) is 12.0 Å². The molecule has 104 valence electrons. The van der Waals surface area contributed by atoms with Gasteiger partial charge in [0.05, 0.1) is 31.2 Å². The second-order valence-electron chi connectivity index (χ2n) is 4.41. The second-order valence-corrected chi connectivity index (χ2v) is 4.41. The lowest BCUT2D eigenvalue weighted by Gasteiger charge is -2.19. The maximum absolute atomic E-state index is 11.3. The molecule has 0 unspecified atom stereocenters. The summed E-state index contributed by atoms with van der Waals surface area (Å²) in [6, 6.07) is 3.75. The van der Waals surface area contributed by atoms with Gasteiger partial charge < -0.3 is 26.2 Å². The third-order valence-electron chi connectivity index (χ3n) is 2.97. The van der Waals surface area contributed by atoms with Crippen LogP contribution in [0.5, 0.6) is 0 Å². The minimum Gasteiger partial charge on any atom is -0.397 e. The number of amides is 1. The van der Waals surface area contributed by atoms with Gasteiger partial charge in [0.2, 0.25) is 5.91 Å². The number of carbonyl (C=O) groups is 1. The van der Waals surface area contributed by atoms with Crippen molar-refractivity contribution in [3.8, 4) is 0 Å². The summed E-state index contributed by atoms with van der Waals surface area (Å²) in [6.07, 6.45) is 1.24. The Balaban J connectivity index is 1.97. The van der Waals surface area contributed by atoms with Gasteiger partial charge in [-0.1, -0.05) is 0 Å². The average Bonchev–Trinajstić information content (AvgIpc) is 2.39. The topological polar surface area (TPSA) is 96.6 Å². The van der Waals surface area contributed by atoms with Crippen molar-refractivity contribution in [2.24, 2.45) is 0 Å². The lowest BCUT2D eigenvalue weighted by atomic mass is 10.0. The van der Waals surface area contributed by atoms with E-state index in [0.29, 0.717) is 31.9 Å². The fourth-order valence-corrected chi connectivity index (χ4v) is 2.03. The highest BCUT2D eigenvalue weighted by Crippen LogP contribution is 2.30. The first-order valence-corrected chi connectivity index (χ1v) is 6.35. The summed E-state index contributed by atoms with van der Waals surface area (Å²) >= 11 is 0. The monoisotopic (exact) mass is 265 g/mol. The highest BCUT2D eigenvalue weighted by Gasteiger charge is 2.16. The van der Waals surface area contributed by atoms with Crippen LogP contribution in [0.4, 0.5) is 17.1 Å². The third-order valence-corrected chi connectivity index (χ3v) is 2.97. The number of ether oxygens (including phenoxy) is 1.